The molecule has 0 bridgehead atoms. The Morgan fingerprint density at radius 3 is 2.39 bits per heavy atom. The Labute approximate surface area is 113 Å². The van der Waals surface area contributed by atoms with Crippen molar-refractivity contribution in [3.8, 4) is 0 Å². The van der Waals surface area contributed by atoms with Crippen molar-refractivity contribution < 1.29 is 0 Å². The summed E-state index contributed by atoms with van der Waals surface area (Å²) in [6.45, 7) is 11.3. The monoisotopic (exact) mass is 247 g/mol. The van der Waals surface area contributed by atoms with Crippen LogP contribution >= 0.6 is 0 Å². The van der Waals surface area contributed by atoms with Crippen LogP contribution in [-0.2, 0) is 0 Å². The highest BCUT2D eigenvalue weighted by molar-refractivity contribution is 5.24. The van der Waals surface area contributed by atoms with Crippen molar-refractivity contribution in [2.75, 3.05) is 0 Å². The normalized spacial score (nSPS) is 14.8. The highest BCUT2D eigenvalue weighted by Gasteiger charge is 2.09. The van der Waals surface area contributed by atoms with Crippen molar-refractivity contribution >= 4 is 0 Å². The number of rotatable bonds is 7. The minimum Gasteiger partial charge on any atom is -0.308 e. The Hall–Kier alpha value is -0.820. The Morgan fingerprint density at radius 1 is 1.06 bits per heavy atom. The highest BCUT2D eigenvalue weighted by atomic mass is 14.9. The summed E-state index contributed by atoms with van der Waals surface area (Å²) in [6, 6.07) is 9.83. The molecule has 1 heteroatoms. The topological polar surface area (TPSA) is 12.0 Å². The number of benzene rings is 1. The van der Waals surface area contributed by atoms with E-state index in [1.807, 2.05) is 0 Å². The molecule has 2 atom stereocenters. The zero-order valence-corrected chi connectivity index (χ0v) is 12.7. The maximum atomic E-state index is 3.70. The van der Waals surface area contributed by atoms with Gasteiger partial charge in [0.05, 0.1) is 0 Å². The van der Waals surface area contributed by atoms with Gasteiger partial charge in [-0.05, 0) is 38.7 Å². The maximum absolute atomic E-state index is 3.70. The zero-order chi connectivity index (χ0) is 13.5. The van der Waals surface area contributed by atoms with Crippen LogP contribution in [0.1, 0.15) is 64.1 Å². The van der Waals surface area contributed by atoms with Crippen LogP contribution in [0, 0.1) is 12.8 Å². The van der Waals surface area contributed by atoms with E-state index in [-0.39, 0.29) is 0 Å². The second-order valence-corrected chi connectivity index (χ2v) is 6.03. The first-order valence-electron chi connectivity index (χ1n) is 7.31. The zero-order valence-electron chi connectivity index (χ0n) is 12.7. The standard InChI is InChI=1S/C17H29N/c1-13(2)8-6-10-15(4)18-16(5)17-11-7-9-14(3)12-17/h7,9,11-13,15-16,18H,6,8,10H2,1-5H3. The number of aryl methyl sites for hydroxylation is 1. The third-order valence-corrected chi connectivity index (χ3v) is 3.50. The van der Waals surface area contributed by atoms with Gasteiger partial charge >= 0.3 is 0 Å². The van der Waals surface area contributed by atoms with Crippen molar-refractivity contribution in [2.24, 2.45) is 5.92 Å². The van der Waals surface area contributed by atoms with Gasteiger partial charge in [0.25, 0.3) is 0 Å². The molecule has 0 aliphatic carbocycles. The summed E-state index contributed by atoms with van der Waals surface area (Å²) in [7, 11) is 0. The lowest BCUT2D eigenvalue weighted by molar-refractivity contribution is 0.424. The molecule has 0 saturated carbocycles. The van der Waals surface area contributed by atoms with Crippen LogP contribution < -0.4 is 5.32 Å². The van der Waals surface area contributed by atoms with Gasteiger partial charge in [0.1, 0.15) is 0 Å². The molecule has 0 spiro atoms. The van der Waals surface area contributed by atoms with Gasteiger partial charge in [0, 0.05) is 12.1 Å². The fourth-order valence-corrected chi connectivity index (χ4v) is 2.38. The molecule has 18 heavy (non-hydrogen) atoms. The second kappa shape index (κ2) is 7.58. The van der Waals surface area contributed by atoms with Gasteiger partial charge in [-0.15, -0.1) is 0 Å². The average Bonchev–Trinajstić information content (AvgIpc) is 2.28. The van der Waals surface area contributed by atoms with E-state index in [1.165, 1.54) is 30.4 Å². The molecule has 0 amide bonds. The third-order valence-electron chi connectivity index (χ3n) is 3.50. The van der Waals surface area contributed by atoms with Crippen LogP contribution in [0.15, 0.2) is 24.3 Å². The third kappa shape index (κ3) is 5.68. The summed E-state index contributed by atoms with van der Waals surface area (Å²) >= 11 is 0. The molecule has 0 aliphatic heterocycles. The molecule has 0 fully saturated rings. The highest BCUT2D eigenvalue weighted by Crippen LogP contribution is 2.16. The number of nitrogens with one attached hydrogen (secondary N) is 1. The van der Waals surface area contributed by atoms with E-state index < -0.39 is 0 Å². The summed E-state index contributed by atoms with van der Waals surface area (Å²) in [4.78, 5) is 0. The molecule has 0 heterocycles. The van der Waals surface area contributed by atoms with Crippen LogP contribution in [0.25, 0.3) is 0 Å². The predicted molar refractivity (Wildman–Crippen MR) is 80.9 cm³/mol. The minimum absolute atomic E-state index is 0.443. The van der Waals surface area contributed by atoms with Crippen LogP contribution in [0.3, 0.4) is 0 Å². The molecule has 1 N–H and O–H groups in total. The van der Waals surface area contributed by atoms with Crippen molar-refractivity contribution in [1.82, 2.24) is 5.32 Å². The largest absolute Gasteiger partial charge is 0.308 e. The first-order valence-corrected chi connectivity index (χ1v) is 7.31. The van der Waals surface area contributed by atoms with E-state index in [2.05, 4.69) is 64.2 Å². The quantitative estimate of drug-likeness (QED) is 0.725. The predicted octanol–water partition coefficient (Wildman–Crippen LogP) is 4.86. The van der Waals surface area contributed by atoms with E-state index in [4.69, 9.17) is 0 Å². The molecular weight excluding hydrogens is 218 g/mol. The first-order chi connectivity index (χ1) is 8.49. The summed E-state index contributed by atoms with van der Waals surface area (Å²) in [5, 5.41) is 3.70. The Balaban J connectivity index is 2.37. The van der Waals surface area contributed by atoms with Crippen molar-refractivity contribution in [1.29, 1.82) is 0 Å². The van der Waals surface area contributed by atoms with Gasteiger partial charge in [0.15, 0.2) is 0 Å². The minimum atomic E-state index is 0.443. The molecule has 0 aromatic heterocycles. The molecule has 102 valence electrons. The van der Waals surface area contributed by atoms with Gasteiger partial charge in [0.2, 0.25) is 0 Å². The SMILES string of the molecule is Cc1cccc(C(C)NC(C)CCCC(C)C)c1. The second-order valence-electron chi connectivity index (χ2n) is 6.03. The molecule has 1 aromatic rings. The summed E-state index contributed by atoms with van der Waals surface area (Å²) in [5.74, 6) is 0.825. The van der Waals surface area contributed by atoms with E-state index in [9.17, 15) is 0 Å². The van der Waals surface area contributed by atoms with Crippen LogP contribution in [0.5, 0.6) is 0 Å². The molecule has 1 rings (SSSR count). The van der Waals surface area contributed by atoms with E-state index in [0.717, 1.165) is 5.92 Å². The van der Waals surface area contributed by atoms with Gasteiger partial charge in [-0.1, -0.05) is 56.5 Å². The van der Waals surface area contributed by atoms with Crippen molar-refractivity contribution in [3.05, 3.63) is 35.4 Å². The molecule has 1 nitrogen and oxygen atoms in total. The van der Waals surface area contributed by atoms with Gasteiger partial charge < -0.3 is 5.32 Å². The fourth-order valence-electron chi connectivity index (χ4n) is 2.38. The molecular formula is C17H29N. The molecule has 1 aromatic carbocycles. The summed E-state index contributed by atoms with van der Waals surface area (Å²) in [6.07, 6.45) is 3.94. The summed E-state index contributed by atoms with van der Waals surface area (Å²) in [5.41, 5.74) is 2.74. The average molecular weight is 247 g/mol. The van der Waals surface area contributed by atoms with E-state index in [1.54, 1.807) is 0 Å². The lowest BCUT2D eigenvalue weighted by Crippen LogP contribution is -2.28. The Bertz CT molecular complexity index is 343. The van der Waals surface area contributed by atoms with E-state index >= 15 is 0 Å². The van der Waals surface area contributed by atoms with Crippen molar-refractivity contribution in [2.45, 2.75) is 66.0 Å². The molecule has 0 aliphatic rings. The van der Waals surface area contributed by atoms with Crippen molar-refractivity contribution in [3.63, 3.8) is 0 Å². The lowest BCUT2D eigenvalue weighted by atomic mass is 10.0. The van der Waals surface area contributed by atoms with Gasteiger partial charge in [-0.25, -0.2) is 0 Å². The van der Waals surface area contributed by atoms with Crippen LogP contribution in [0.4, 0.5) is 0 Å². The molecule has 2 unspecified atom stereocenters. The maximum Gasteiger partial charge on any atom is 0.0294 e. The Morgan fingerprint density at radius 2 is 1.78 bits per heavy atom. The Kier molecular flexibility index (Phi) is 6.42. The molecule has 0 radical (unpaired) electrons. The van der Waals surface area contributed by atoms with Gasteiger partial charge in [-0.3, -0.25) is 0 Å². The number of hydrogen-bond donors (Lipinski definition) is 1. The first kappa shape index (κ1) is 15.2. The molecule has 0 saturated heterocycles. The van der Waals surface area contributed by atoms with E-state index in [0.29, 0.717) is 12.1 Å². The lowest BCUT2D eigenvalue weighted by Gasteiger charge is -2.21. The fraction of sp³-hybridized carbons (Fsp3) is 0.647. The van der Waals surface area contributed by atoms with Gasteiger partial charge in [-0.2, -0.15) is 0 Å². The summed E-state index contributed by atoms with van der Waals surface area (Å²) < 4.78 is 0. The number of hydrogen-bond acceptors (Lipinski definition) is 1. The van der Waals surface area contributed by atoms with Crippen LogP contribution in [-0.4, -0.2) is 6.04 Å². The van der Waals surface area contributed by atoms with Crippen LogP contribution in [0.2, 0.25) is 0 Å². The smallest absolute Gasteiger partial charge is 0.0294 e.